The number of halogens is 1. The molecule has 1 aromatic heterocycles. The number of hydrogen-bond donors (Lipinski definition) is 0. The Hall–Kier alpha value is -1.09. The number of alkyl halides is 1. The first-order chi connectivity index (χ1) is 19.3. The second-order valence-corrected chi connectivity index (χ2v) is 21.5. The fraction of sp³-hybridized carbons (Fsp3) is 0.727. The van der Waals surface area contributed by atoms with Crippen LogP contribution < -0.4 is 0 Å². The number of allylic oxidation sites excluding steroid dienone is 1. The van der Waals surface area contributed by atoms with Gasteiger partial charge in [0.1, 0.15) is 6.17 Å². The smallest absolute Gasteiger partial charge is 0.210 e. The van der Waals surface area contributed by atoms with Gasteiger partial charge in [-0.3, -0.25) is 0 Å². The lowest BCUT2D eigenvalue weighted by molar-refractivity contribution is 0.000358. The lowest BCUT2D eigenvalue weighted by atomic mass is 9.60. The molecule has 230 valence electrons. The van der Waals surface area contributed by atoms with Gasteiger partial charge in [0.15, 0.2) is 8.32 Å². The van der Waals surface area contributed by atoms with Gasteiger partial charge in [0, 0.05) is 0 Å². The highest BCUT2D eigenvalue weighted by Gasteiger charge is 2.51. The fourth-order valence-electron chi connectivity index (χ4n) is 8.08. The van der Waals surface area contributed by atoms with E-state index < -0.39 is 29.9 Å². The molecule has 8 heteroatoms. The van der Waals surface area contributed by atoms with Gasteiger partial charge in [-0.05, 0) is 112 Å². The van der Waals surface area contributed by atoms with E-state index in [1.807, 2.05) is 44.2 Å². The monoisotopic (exact) mass is 621 g/mol. The van der Waals surface area contributed by atoms with E-state index in [1.54, 1.807) is 0 Å². The minimum absolute atomic E-state index is 0.0195. The van der Waals surface area contributed by atoms with Crippen LogP contribution in [0.3, 0.4) is 0 Å². The fourth-order valence-corrected chi connectivity index (χ4v) is 13.7. The van der Waals surface area contributed by atoms with E-state index in [-0.39, 0.29) is 15.5 Å². The van der Waals surface area contributed by atoms with Crippen LogP contribution in [0.2, 0.25) is 18.1 Å². The predicted octanol–water partition coefficient (Wildman–Crippen LogP) is 9.77. The summed E-state index contributed by atoms with van der Waals surface area (Å²) < 4.78 is 49.9. The molecule has 2 aliphatic rings. The van der Waals surface area contributed by atoms with Crippen LogP contribution >= 0.6 is 11.3 Å². The number of sulfone groups is 1. The summed E-state index contributed by atoms with van der Waals surface area (Å²) in [4.78, 5) is 4.41. The summed E-state index contributed by atoms with van der Waals surface area (Å²) in [5.41, 5.74) is 1.46. The third-order valence-corrected chi connectivity index (χ3v) is 18.8. The lowest BCUT2D eigenvalue weighted by Gasteiger charge is -2.45. The molecule has 4 rings (SSSR count). The van der Waals surface area contributed by atoms with Crippen LogP contribution in [-0.2, 0) is 14.3 Å². The molecule has 0 unspecified atom stereocenters. The SMILES string of the molecule is CC[Si](CC)(CC)OC(C)(C)[C@H](F)CC[C@@H](C)[C@H]1CC[C@H]2C(=CCS(=O)(=O)c3nc4ccccc4s3)CCC[C@]12C. The molecule has 0 aliphatic heterocycles. The Bertz CT molecular complexity index is 1280. The van der Waals surface area contributed by atoms with Crippen molar-refractivity contribution in [1.29, 1.82) is 0 Å². The Morgan fingerprint density at radius 2 is 1.85 bits per heavy atom. The van der Waals surface area contributed by atoms with Crippen LogP contribution in [0, 0.1) is 23.2 Å². The van der Waals surface area contributed by atoms with Crippen molar-refractivity contribution < 1.29 is 17.2 Å². The molecule has 0 N–H and O–H groups in total. The van der Waals surface area contributed by atoms with E-state index in [4.69, 9.17) is 4.43 Å². The number of aromatic nitrogens is 1. The van der Waals surface area contributed by atoms with Gasteiger partial charge in [-0.1, -0.05) is 58.4 Å². The molecule has 4 nitrogen and oxygen atoms in total. The average molecular weight is 622 g/mol. The largest absolute Gasteiger partial charge is 0.409 e. The molecule has 2 aliphatic carbocycles. The first-order valence-corrected chi connectivity index (χ1v) is 20.9. The van der Waals surface area contributed by atoms with E-state index in [9.17, 15) is 8.42 Å². The van der Waals surface area contributed by atoms with Crippen LogP contribution in [0.4, 0.5) is 4.39 Å². The van der Waals surface area contributed by atoms with Gasteiger partial charge in [-0.2, -0.15) is 0 Å². The zero-order chi connectivity index (χ0) is 30.1. The third kappa shape index (κ3) is 6.86. The summed E-state index contributed by atoms with van der Waals surface area (Å²) in [5.74, 6) is 1.39. The molecule has 2 saturated carbocycles. The Kier molecular flexibility index (Phi) is 10.3. The zero-order valence-corrected chi connectivity index (χ0v) is 29.0. The molecule has 2 fully saturated rings. The molecular formula is C33H52FNO3S2Si. The quantitative estimate of drug-likeness (QED) is 0.165. The Morgan fingerprint density at radius 3 is 2.51 bits per heavy atom. The van der Waals surface area contributed by atoms with Crippen molar-refractivity contribution in [3.05, 3.63) is 35.9 Å². The minimum Gasteiger partial charge on any atom is -0.409 e. The second-order valence-electron chi connectivity index (χ2n) is 13.6. The molecule has 5 atom stereocenters. The molecule has 0 radical (unpaired) electrons. The third-order valence-electron chi connectivity index (χ3n) is 10.9. The molecule has 1 heterocycles. The normalized spacial score (nSPS) is 26.4. The Labute approximate surface area is 253 Å². The van der Waals surface area contributed by atoms with Gasteiger partial charge in [-0.25, -0.2) is 17.8 Å². The number of nitrogens with zero attached hydrogens (tertiary/aromatic N) is 1. The number of thiazole rings is 1. The van der Waals surface area contributed by atoms with Gasteiger partial charge in [-0.15, -0.1) is 11.3 Å². The molecule has 0 saturated heterocycles. The van der Waals surface area contributed by atoms with Crippen molar-refractivity contribution in [2.45, 2.75) is 128 Å². The Morgan fingerprint density at radius 1 is 1.17 bits per heavy atom. The van der Waals surface area contributed by atoms with Crippen molar-refractivity contribution in [2.75, 3.05) is 5.75 Å². The summed E-state index contributed by atoms with van der Waals surface area (Å²) in [7, 11) is -5.36. The highest BCUT2D eigenvalue weighted by atomic mass is 32.2. The van der Waals surface area contributed by atoms with Crippen molar-refractivity contribution in [1.82, 2.24) is 4.98 Å². The Balaban J connectivity index is 1.40. The van der Waals surface area contributed by atoms with Crippen molar-refractivity contribution in [3.8, 4) is 0 Å². The van der Waals surface area contributed by atoms with Gasteiger partial charge in [0.05, 0.1) is 21.6 Å². The van der Waals surface area contributed by atoms with E-state index in [0.717, 1.165) is 60.5 Å². The number of para-hydroxylation sites is 1. The first-order valence-electron chi connectivity index (χ1n) is 15.9. The molecule has 0 amide bonds. The van der Waals surface area contributed by atoms with Crippen molar-refractivity contribution in [3.63, 3.8) is 0 Å². The van der Waals surface area contributed by atoms with Crippen LogP contribution in [0.1, 0.15) is 93.4 Å². The van der Waals surface area contributed by atoms with Gasteiger partial charge >= 0.3 is 0 Å². The summed E-state index contributed by atoms with van der Waals surface area (Å²) in [6.07, 6.45) is 7.92. The molecule has 41 heavy (non-hydrogen) atoms. The van der Waals surface area contributed by atoms with E-state index in [2.05, 4.69) is 39.6 Å². The van der Waals surface area contributed by atoms with Crippen molar-refractivity contribution >= 4 is 39.7 Å². The van der Waals surface area contributed by atoms with E-state index in [0.29, 0.717) is 24.2 Å². The van der Waals surface area contributed by atoms with E-state index in [1.165, 1.54) is 23.3 Å². The average Bonchev–Trinajstić information content (AvgIpc) is 3.55. The maximum atomic E-state index is 15.7. The van der Waals surface area contributed by atoms with Crippen LogP contribution in [0.15, 0.2) is 40.3 Å². The number of rotatable bonds is 13. The highest BCUT2D eigenvalue weighted by Crippen LogP contribution is 2.60. The topological polar surface area (TPSA) is 56.3 Å². The van der Waals surface area contributed by atoms with Gasteiger partial charge in [0.25, 0.3) is 0 Å². The van der Waals surface area contributed by atoms with Crippen LogP contribution in [0.5, 0.6) is 0 Å². The molecule has 0 spiro atoms. The molecule has 2 aromatic rings. The number of benzene rings is 1. The van der Waals surface area contributed by atoms with Crippen LogP contribution in [0.25, 0.3) is 10.2 Å². The maximum Gasteiger partial charge on any atom is 0.210 e. The number of fused-ring (bicyclic) bond motifs is 2. The number of hydrogen-bond acceptors (Lipinski definition) is 5. The van der Waals surface area contributed by atoms with E-state index >= 15 is 4.39 Å². The van der Waals surface area contributed by atoms with Crippen LogP contribution in [-0.4, -0.2) is 39.2 Å². The minimum atomic E-state index is -3.47. The van der Waals surface area contributed by atoms with Gasteiger partial charge < -0.3 is 4.43 Å². The summed E-state index contributed by atoms with van der Waals surface area (Å²) in [6, 6.07) is 10.7. The zero-order valence-electron chi connectivity index (χ0n) is 26.3. The summed E-state index contributed by atoms with van der Waals surface area (Å²) in [5, 5.41) is 0. The van der Waals surface area contributed by atoms with Crippen molar-refractivity contribution in [2.24, 2.45) is 23.2 Å². The molecule has 0 bridgehead atoms. The lowest BCUT2D eigenvalue weighted by Crippen LogP contribution is -2.49. The summed E-state index contributed by atoms with van der Waals surface area (Å²) >= 11 is 1.26. The second kappa shape index (κ2) is 12.9. The molecular weight excluding hydrogens is 570 g/mol. The predicted molar refractivity (Wildman–Crippen MR) is 174 cm³/mol. The first kappa shape index (κ1) is 32.8. The molecule has 1 aromatic carbocycles. The standard InChI is InChI=1S/C33H52FNO3S2Si/c1-8-41(9-2,10-3)38-32(5,6)30(34)20-17-24(4)26-18-19-27-25(14-13-22-33(26,27)7)21-23-40(36,37)31-35-28-15-11-12-16-29(28)39-31/h11-12,15-16,21,24,26-27,30H,8-10,13-14,17-20,22-23H2,1-7H3/t24-,26-,27+,30-,33-/m1/s1. The maximum absolute atomic E-state index is 15.7. The highest BCUT2D eigenvalue weighted by molar-refractivity contribution is 7.93. The van der Waals surface area contributed by atoms with Gasteiger partial charge in [0.2, 0.25) is 14.2 Å². The summed E-state index contributed by atoms with van der Waals surface area (Å²) in [6.45, 7) is 15.3.